The van der Waals surface area contributed by atoms with Crippen molar-refractivity contribution in [2.75, 3.05) is 27.9 Å². The van der Waals surface area contributed by atoms with E-state index >= 15 is 0 Å². The van der Waals surface area contributed by atoms with E-state index in [1.54, 1.807) is 36.5 Å². The SMILES string of the molecule is Cc1cnc2nc1Nc1ccc(NC(=O)[C@H](CO)NC(=O)Nc3ccccc3)c(c1)CCc1cccc(c1)N2. The largest absolute Gasteiger partial charge is 0.394 e. The third-order valence-corrected chi connectivity index (χ3v) is 6.30. The van der Waals surface area contributed by atoms with Gasteiger partial charge in [0.25, 0.3) is 0 Å². The van der Waals surface area contributed by atoms with Gasteiger partial charge in [0, 0.05) is 34.5 Å². The molecule has 0 unspecified atom stereocenters. The number of rotatable bonds is 5. The number of aliphatic hydroxyl groups excluding tert-OH is 1. The van der Waals surface area contributed by atoms with E-state index in [2.05, 4.69) is 36.6 Å². The van der Waals surface area contributed by atoms with E-state index in [0.29, 0.717) is 29.6 Å². The van der Waals surface area contributed by atoms with Crippen molar-refractivity contribution in [3.63, 3.8) is 0 Å². The lowest BCUT2D eigenvalue weighted by Gasteiger charge is -2.19. The number of aryl methyl sites for hydroxylation is 3. The summed E-state index contributed by atoms with van der Waals surface area (Å²) in [5.41, 5.74) is 5.74. The van der Waals surface area contributed by atoms with Crippen LogP contribution >= 0.6 is 0 Å². The Morgan fingerprint density at radius 3 is 2.59 bits per heavy atom. The summed E-state index contributed by atoms with van der Waals surface area (Å²) in [5.74, 6) is 0.630. The summed E-state index contributed by atoms with van der Waals surface area (Å²) >= 11 is 0. The predicted molar refractivity (Wildman–Crippen MR) is 152 cm³/mol. The van der Waals surface area contributed by atoms with Gasteiger partial charge < -0.3 is 31.7 Å². The molecule has 6 bridgehead atoms. The second-order valence-corrected chi connectivity index (χ2v) is 9.24. The number of aliphatic hydroxyl groups is 1. The van der Waals surface area contributed by atoms with Crippen LogP contribution in [0.15, 0.2) is 79.0 Å². The van der Waals surface area contributed by atoms with Gasteiger partial charge in [-0.1, -0.05) is 30.3 Å². The maximum Gasteiger partial charge on any atom is 0.319 e. The zero-order valence-corrected chi connectivity index (χ0v) is 21.4. The lowest BCUT2D eigenvalue weighted by atomic mass is 10.0. The van der Waals surface area contributed by atoms with Crippen LogP contribution in [0.3, 0.4) is 0 Å². The fourth-order valence-corrected chi connectivity index (χ4v) is 4.24. The molecule has 0 radical (unpaired) electrons. The Labute approximate surface area is 225 Å². The fourth-order valence-electron chi connectivity index (χ4n) is 4.24. The summed E-state index contributed by atoms with van der Waals surface area (Å²) in [6, 6.07) is 20.8. The molecule has 0 saturated carbocycles. The number of benzene rings is 3. The summed E-state index contributed by atoms with van der Waals surface area (Å²) in [4.78, 5) is 34.5. The van der Waals surface area contributed by atoms with E-state index in [9.17, 15) is 14.7 Å². The normalized spacial score (nSPS) is 12.8. The van der Waals surface area contributed by atoms with Crippen LogP contribution in [0.1, 0.15) is 16.7 Å². The van der Waals surface area contributed by atoms with Gasteiger partial charge in [-0.25, -0.2) is 9.78 Å². The van der Waals surface area contributed by atoms with Crippen LogP contribution in [0.25, 0.3) is 0 Å². The molecule has 1 atom stereocenters. The Balaban J connectivity index is 1.37. The first-order valence-electron chi connectivity index (χ1n) is 12.6. The number of para-hydroxylation sites is 1. The lowest BCUT2D eigenvalue weighted by Crippen LogP contribution is -2.47. The van der Waals surface area contributed by atoms with E-state index < -0.39 is 24.6 Å². The van der Waals surface area contributed by atoms with Gasteiger partial charge in [-0.05, 0) is 73.4 Å². The Kier molecular flexibility index (Phi) is 7.65. The fraction of sp³-hybridized carbons (Fsp3) is 0.172. The van der Waals surface area contributed by atoms with Crippen LogP contribution in [0.4, 0.5) is 39.3 Å². The Morgan fingerprint density at radius 2 is 1.77 bits per heavy atom. The monoisotopic (exact) mass is 523 g/mol. The highest BCUT2D eigenvalue weighted by molar-refractivity contribution is 5.99. The summed E-state index contributed by atoms with van der Waals surface area (Å²) in [6.07, 6.45) is 3.12. The number of urea groups is 1. The average Bonchev–Trinajstić information content (AvgIpc) is 2.94. The van der Waals surface area contributed by atoms with Gasteiger partial charge in [0.15, 0.2) is 0 Å². The lowest BCUT2D eigenvalue weighted by molar-refractivity contribution is -0.118. The zero-order chi connectivity index (χ0) is 27.2. The van der Waals surface area contributed by atoms with Crippen molar-refractivity contribution in [1.82, 2.24) is 15.3 Å². The van der Waals surface area contributed by atoms with Gasteiger partial charge in [-0.2, -0.15) is 4.98 Å². The van der Waals surface area contributed by atoms with Crippen molar-refractivity contribution >= 4 is 46.5 Å². The second kappa shape index (κ2) is 11.6. The average molecular weight is 524 g/mol. The number of carbonyl (C=O) groups excluding carboxylic acids is 2. The van der Waals surface area contributed by atoms with Gasteiger partial charge >= 0.3 is 6.03 Å². The van der Waals surface area contributed by atoms with E-state index in [1.165, 1.54) is 0 Å². The summed E-state index contributed by atoms with van der Waals surface area (Å²) in [7, 11) is 0. The van der Waals surface area contributed by atoms with Crippen LogP contribution in [-0.2, 0) is 17.6 Å². The first-order chi connectivity index (χ1) is 19.0. The molecule has 39 heavy (non-hydrogen) atoms. The highest BCUT2D eigenvalue weighted by Gasteiger charge is 2.21. The van der Waals surface area contributed by atoms with Gasteiger partial charge in [-0.3, -0.25) is 4.79 Å². The third-order valence-electron chi connectivity index (χ3n) is 6.30. The van der Waals surface area contributed by atoms with Crippen molar-refractivity contribution in [3.8, 4) is 0 Å². The molecule has 4 aromatic rings. The van der Waals surface area contributed by atoms with E-state index in [0.717, 1.165) is 34.5 Å². The number of hydrogen-bond donors (Lipinski definition) is 6. The number of amides is 3. The maximum absolute atomic E-state index is 13.1. The highest BCUT2D eigenvalue weighted by Crippen LogP contribution is 2.28. The van der Waals surface area contributed by atoms with Gasteiger partial charge in [-0.15, -0.1) is 0 Å². The maximum atomic E-state index is 13.1. The van der Waals surface area contributed by atoms with E-state index in [-0.39, 0.29) is 0 Å². The Bertz CT molecular complexity index is 1490. The van der Waals surface area contributed by atoms with Crippen molar-refractivity contribution < 1.29 is 14.7 Å². The molecule has 0 spiro atoms. The molecule has 3 amide bonds. The molecule has 1 aliphatic heterocycles. The molecule has 6 N–H and O–H groups in total. The van der Waals surface area contributed by atoms with Crippen LogP contribution < -0.4 is 26.6 Å². The quantitative estimate of drug-likeness (QED) is 0.226. The van der Waals surface area contributed by atoms with Crippen molar-refractivity contribution in [1.29, 1.82) is 0 Å². The van der Waals surface area contributed by atoms with Crippen molar-refractivity contribution in [2.45, 2.75) is 25.8 Å². The van der Waals surface area contributed by atoms with Crippen LogP contribution in [0.5, 0.6) is 0 Å². The first-order valence-corrected chi connectivity index (χ1v) is 12.6. The van der Waals surface area contributed by atoms with Crippen molar-refractivity contribution in [2.24, 2.45) is 0 Å². The van der Waals surface area contributed by atoms with Crippen LogP contribution in [0.2, 0.25) is 0 Å². The number of carbonyl (C=O) groups is 2. The van der Waals surface area contributed by atoms with E-state index in [4.69, 9.17) is 0 Å². The first kappa shape index (κ1) is 25.7. The molecule has 2 heterocycles. The molecular weight excluding hydrogens is 494 g/mol. The molecule has 10 heteroatoms. The van der Waals surface area contributed by atoms with Gasteiger partial charge in [0.05, 0.1) is 6.61 Å². The number of hydrogen-bond acceptors (Lipinski definition) is 7. The summed E-state index contributed by atoms with van der Waals surface area (Å²) in [6.45, 7) is 1.37. The molecule has 1 aromatic heterocycles. The molecule has 5 rings (SSSR count). The molecule has 0 saturated heterocycles. The Morgan fingerprint density at radius 1 is 0.949 bits per heavy atom. The molecule has 0 fully saturated rings. The minimum absolute atomic E-state index is 0.488. The smallest absolute Gasteiger partial charge is 0.319 e. The van der Waals surface area contributed by atoms with Crippen LogP contribution in [0, 0.1) is 6.92 Å². The van der Waals surface area contributed by atoms with Crippen LogP contribution in [-0.4, -0.2) is 39.7 Å². The minimum Gasteiger partial charge on any atom is -0.394 e. The number of nitrogens with one attached hydrogen (secondary N) is 5. The minimum atomic E-state index is -1.14. The predicted octanol–water partition coefficient (Wildman–Crippen LogP) is 4.49. The zero-order valence-electron chi connectivity index (χ0n) is 21.4. The van der Waals surface area contributed by atoms with Gasteiger partial charge in [0.2, 0.25) is 11.9 Å². The van der Waals surface area contributed by atoms with Gasteiger partial charge in [0.1, 0.15) is 11.9 Å². The third kappa shape index (κ3) is 6.49. The van der Waals surface area contributed by atoms with Crippen molar-refractivity contribution in [3.05, 3.63) is 95.7 Å². The molecular formula is C29H29N7O3. The number of aromatic nitrogens is 2. The summed E-state index contributed by atoms with van der Waals surface area (Å²) in [5, 5.41) is 24.5. The van der Waals surface area contributed by atoms with E-state index in [1.807, 2.05) is 49.4 Å². The molecule has 1 aliphatic rings. The topological polar surface area (TPSA) is 140 Å². The number of fused-ring (bicyclic) bond motifs is 6. The standard InChI is InChI=1S/C29H29N7O3/c1-18-16-30-28-32-22-9-5-6-19(14-22)10-11-20-15-23(31-26(18)36-28)12-13-24(20)34-27(38)25(17-37)35-29(39)33-21-7-3-2-4-8-21/h2-9,12-16,25,37H,10-11,17H2,1H3,(H,34,38)(H2,33,35,39)(H2,30,31,32,36)/t25-/m0/s1. The highest BCUT2D eigenvalue weighted by atomic mass is 16.3. The molecule has 10 nitrogen and oxygen atoms in total. The molecule has 198 valence electrons. The molecule has 3 aromatic carbocycles. The Hall–Kier alpha value is -4.96. The number of nitrogens with zero attached hydrogens (tertiary/aromatic N) is 2. The molecule has 0 aliphatic carbocycles. The summed E-state index contributed by atoms with van der Waals surface area (Å²) < 4.78 is 0. The second-order valence-electron chi connectivity index (χ2n) is 9.24. The number of anilines is 6.